The van der Waals surface area contributed by atoms with E-state index in [0.717, 1.165) is 13.1 Å². The minimum Gasteiger partial charge on any atom is -0.396 e. The zero-order chi connectivity index (χ0) is 12.3. The van der Waals surface area contributed by atoms with Gasteiger partial charge in [0, 0.05) is 25.9 Å². The number of hydrogen-bond acceptors (Lipinski definition) is 2. The molecule has 0 bridgehead atoms. The molecule has 92 valence electrons. The number of fused-ring (bicyclic) bond motifs is 1. The monoisotopic (exact) mass is 232 g/mol. The van der Waals surface area contributed by atoms with Gasteiger partial charge >= 0.3 is 0 Å². The van der Waals surface area contributed by atoms with Gasteiger partial charge in [-0.25, -0.2) is 0 Å². The van der Waals surface area contributed by atoms with E-state index in [1.807, 2.05) is 7.05 Å². The maximum absolute atomic E-state index is 9.15. The number of rotatable bonds is 5. The average Bonchev–Trinajstić information content (AvgIpc) is 2.74. The molecule has 3 nitrogen and oxygen atoms in total. The Morgan fingerprint density at radius 1 is 1.35 bits per heavy atom. The van der Waals surface area contributed by atoms with Gasteiger partial charge in [-0.05, 0) is 30.0 Å². The molecule has 1 unspecified atom stereocenters. The number of nitrogens with zero attached hydrogens (tertiary/aromatic N) is 1. The molecule has 0 amide bonds. The van der Waals surface area contributed by atoms with Crippen LogP contribution in [0.3, 0.4) is 0 Å². The molecule has 2 N–H and O–H groups in total. The van der Waals surface area contributed by atoms with Gasteiger partial charge in [0.05, 0.1) is 5.52 Å². The van der Waals surface area contributed by atoms with Crippen molar-refractivity contribution in [1.29, 1.82) is 0 Å². The van der Waals surface area contributed by atoms with Gasteiger partial charge in [0.15, 0.2) is 0 Å². The van der Waals surface area contributed by atoms with E-state index in [0.29, 0.717) is 0 Å². The van der Waals surface area contributed by atoms with Crippen LogP contribution in [0.25, 0.3) is 10.9 Å². The van der Waals surface area contributed by atoms with E-state index >= 15 is 0 Å². The van der Waals surface area contributed by atoms with Crippen molar-refractivity contribution in [3.05, 3.63) is 36.0 Å². The molecule has 3 heteroatoms. The fraction of sp³-hybridized carbons (Fsp3) is 0.429. The lowest BCUT2D eigenvalue weighted by atomic mass is 10.1. The van der Waals surface area contributed by atoms with Crippen molar-refractivity contribution in [2.75, 3.05) is 13.7 Å². The van der Waals surface area contributed by atoms with Gasteiger partial charge in [0.25, 0.3) is 0 Å². The molecule has 2 rings (SSSR count). The fourth-order valence-electron chi connectivity index (χ4n) is 2.22. The Kier molecular flexibility index (Phi) is 3.82. The Hall–Kier alpha value is -1.32. The highest BCUT2D eigenvalue weighted by Gasteiger charge is 2.08. The zero-order valence-corrected chi connectivity index (χ0v) is 10.5. The lowest BCUT2D eigenvalue weighted by molar-refractivity contribution is 0.224. The molecule has 1 aromatic heterocycles. The molecular formula is C14H20N2O. The number of aliphatic hydroxyl groups is 1. The molecular weight excluding hydrogens is 212 g/mol. The summed E-state index contributed by atoms with van der Waals surface area (Å²) in [4.78, 5) is 0. The topological polar surface area (TPSA) is 37.2 Å². The van der Waals surface area contributed by atoms with Crippen molar-refractivity contribution in [2.45, 2.75) is 20.0 Å². The Morgan fingerprint density at radius 2 is 2.18 bits per heavy atom. The van der Waals surface area contributed by atoms with Crippen LogP contribution in [0.5, 0.6) is 0 Å². The molecule has 1 aromatic carbocycles. The Bertz CT molecular complexity index is 490. The predicted molar refractivity (Wildman–Crippen MR) is 71.0 cm³/mol. The number of hydrogen-bond donors (Lipinski definition) is 2. The minimum absolute atomic E-state index is 0.230. The third kappa shape index (κ3) is 2.51. The standard InChI is InChI=1S/C14H20N2O/c1-11(10-17)9-16-7-6-12-4-3-5-13(8-15-2)14(12)16/h3-7,11,15,17H,8-10H2,1-2H3. The lowest BCUT2D eigenvalue weighted by Gasteiger charge is -2.13. The molecule has 0 spiro atoms. The number of para-hydroxylation sites is 1. The molecule has 17 heavy (non-hydrogen) atoms. The summed E-state index contributed by atoms with van der Waals surface area (Å²) < 4.78 is 2.24. The van der Waals surface area contributed by atoms with E-state index < -0.39 is 0 Å². The summed E-state index contributed by atoms with van der Waals surface area (Å²) in [6.45, 7) is 4.02. The molecule has 2 aromatic rings. The Morgan fingerprint density at radius 3 is 2.88 bits per heavy atom. The van der Waals surface area contributed by atoms with Gasteiger partial charge < -0.3 is 15.0 Å². The number of benzene rings is 1. The van der Waals surface area contributed by atoms with E-state index in [9.17, 15) is 0 Å². The molecule has 0 saturated heterocycles. The van der Waals surface area contributed by atoms with Crippen LogP contribution in [0.15, 0.2) is 30.5 Å². The molecule has 0 radical (unpaired) electrons. The molecule has 0 saturated carbocycles. The average molecular weight is 232 g/mol. The van der Waals surface area contributed by atoms with Crippen molar-refractivity contribution >= 4 is 10.9 Å². The lowest BCUT2D eigenvalue weighted by Crippen LogP contribution is -2.12. The van der Waals surface area contributed by atoms with Crippen molar-refractivity contribution in [1.82, 2.24) is 9.88 Å². The molecule has 0 fully saturated rings. The summed E-state index contributed by atoms with van der Waals surface area (Å²) >= 11 is 0. The maximum atomic E-state index is 9.15. The summed E-state index contributed by atoms with van der Waals surface area (Å²) in [5, 5.41) is 13.6. The smallest absolute Gasteiger partial charge is 0.0525 e. The first-order valence-electron chi connectivity index (χ1n) is 6.08. The van der Waals surface area contributed by atoms with Crippen LogP contribution < -0.4 is 5.32 Å². The number of nitrogens with one attached hydrogen (secondary N) is 1. The highest BCUT2D eigenvalue weighted by molar-refractivity contribution is 5.83. The maximum Gasteiger partial charge on any atom is 0.0525 e. The van der Waals surface area contributed by atoms with Crippen LogP contribution in [-0.2, 0) is 13.1 Å². The molecule has 0 aliphatic carbocycles. The molecule has 1 heterocycles. The summed E-state index contributed by atoms with van der Waals surface area (Å²) in [7, 11) is 1.96. The summed E-state index contributed by atoms with van der Waals surface area (Å²) in [6.07, 6.45) is 2.11. The second kappa shape index (κ2) is 5.34. The van der Waals surface area contributed by atoms with Gasteiger partial charge in [0.1, 0.15) is 0 Å². The number of aromatic nitrogens is 1. The summed E-state index contributed by atoms with van der Waals surface area (Å²) in [6, 6.07) is 8.51. The first-order valence-corrected chi connectivity index (χ1v) is 6.08. The van der Waals surface area contributed by atoms with Gasteiger partial charge in [-0.3, -0.25) is 0 Å². The first kappa shape index (κ1) is 12.1. The molecule has 0 aliphatic rings. The van der Waals surface area contributed by atoms with E-state index in [2.05, 4.69) is 47.3 Å². The summed E-state index contributed by atoms with van der Waals surface area (Å²) in [5.41, 5.74) is 2.59. The van der Waals surface area contributed by atoms with Crippen molar-refractivity contribution in [3.8, 4) is 0 Å². The highest BCUT2D eigenvalue weighted by Crippen LogP contribution is 2.21. The van der Waals surface area contributed by atoms with E-state index in [1.165, 1.54) is 16.5 Å². The van der Waals surface area contributed by atoms with Gasteiger partial charge in [0.2, 0.25) is 0 Å². The Balaban J connectivity index is 2.42. The van der Waals surface area contributed by atoms with Gasteiger partial charge in [-0.15, -0.1) is 0 Å². The zero-order valence-electron chi connectivity index (χ0n) is 10.5. The van der Waals surface area contributed by atoms with Crippen LogP contribution in [0.1, 0.15) is 12.5 Å². The van der Waals surface area contributed by atoms with Crippen LogP contribution in [-0.4, -0.2) is 23.3 Å². The van der Waals surface area contributed by atoms with Crippen LogP contribution in [0.4, 0.5) is 0 Å². The second-order valence-corrected chi connectivity index (χ2v) is 4.64. The number of aliphatic hydroxyl groups excluding tert-OH is 1. The van der Waals surface area contributed by atoms with Crippen molar-refractivity contribution in [3.63, 3.8) is 0 Å². The Labute approximate surface area is 102 Å². The predicted octanol–water partition coefficient (Wildman–Crippen LogP) is 1.99. The molecule has 0 aliphatic heterocycles. The van der Waals surface area contributed by atoms with Crippen molar-refractivity contribution in [2.24, 2.45) is 5.92 Å². The van der Waals surface area contributed by atoms with E-state index in [-0.39, 0.29) is 12.5 Å². The highest BCUT2D eigenvalue weighted by atomic mass is 16.3. The minimum atomic E-state index is 0.230. The van der Waals surface area contributed by atoms with E-state index in [4.69, 9.17) is 5.11 Å². The summed E-state index contributed by atoms with van der Waals surface area (Å²) in [5.74, 6) is 0.285. The fourth-order valence-corrected chi connectivity index (χ4v) is 2.22. The SMILES string of the molecule is CNCc1cccc2ccn(CC(C)CO)c12. The first-order chi connectivity index (χ1) is 8.26. The van der Waals surface area contributed by atoms with Crippen LogP contribution >= 0.6 is 0 Å². The largest absolute Gasteiger partial charge is 0.396 e. The molecule has 1 atom stereocenters. The third-order valence-corrected chi connectivity index (χ3v) is 3.06. The van der Waals surface area contributed by atoms with Gasteiger partial charge in [-0.2, -0.15) is 0 Å². The third-order valence-electron chi connectivity index (χ3n) is 3.06. The van der Waals surface area contributed by atoms with E-state index in [1.54, 1.807) is 0 Å². The van der Waals surface area contributed by atoms with Crippen LogP contribution in [0.2, 0.25) is 0 Å². The van der Waals surface area contributed by atoms with Crippen LogP contribution in [0, 0.1) is 5.92 Å². The normalized spacial score (nSPS) is 13.1. The van der Waals surface area contributed by atoms with Crippen molar-refractivity contribution < 1.29 is 5.11 Å². The van der Waals surface area contributed by atoms with Gasteiger partial charge in [-0.1, -0.05) is 25.1 Å². The second-order valence-electron chi connectivity index (χ2n) is 4.64. The quantitative estimate of drug-likeness (QED) is 0.827.